The first-order valence-electron chi connectivity index (χ1n) is 11.6. The molecule has 190 valence electrons. The van der Waals surface area contributed by atoms with Crippen molar-refractivity contribution in [3.05, 3.63) is 90.5 Å². The number of aromatic amines is 1. The molecule has 0 radical (unpaired) electrons. The lowest BCUT2D eigenvalue weighted by Gasteiger charge is -2.18. The van der Waals surface area contributed by atoms with Gasteiger partial charge in [-0.3, -0.25) is 9.59 Å². The minimum Gasteiger partial charge on any atom is -0.368 e. The summed E-state index contributed by atoms with van der Waals surface area (Å²) in [5.41, 5.74) is 15.2. The van der Waals surface area contributed by atoms with Gasteiger partial charge in [0, 0.05) is 41.0 Å². The Hall–Kier alpha value is -5.32. The molecule has 11 heteroatoms. The van der Waals surface area contributed by atoms with Crippen molar-refractivity contribution in [1.82, 2.24) is 25.3 Å². The molecule has 10 nitrogen and oxygen atoms in total. The van der Waals surface area contributed by atoms with E-state index in [1.54, 1.807) is 54.9 Å². The van der Waals surface area contributed by atoms with Gasteiger partial charge in [0.1, 0.15) is 17.7 Å². The van der Waals surface area contributed by atoms with E-state index in [1.165, 1.54) is 12.1 Å². The van der Waals surface area contributed by atoms with Gasteiger partial charge >= 0.3 is 0 Å². The highest BCUT2D eigenvalue weighted by atomic mass is 19.1. The third-order valence-corrected chi connectivity index (χ3v) is 5.92. The molecular formula is C27H23FN8O2. The summed E-state index contributed by atoms with van der Waals surface area (Å²) in [5.74, 6) is -0.909. The summed E-state index contributed by atoms with van der Waals surface area (Å²) >= 11 is 0. The lowest BCUT2D eigenvalue weighted by atomic mass is 10.1. The van der Waals surface area contributed by atoms with E-state index in [9.17, 15) is 14.0 Å². The molecule has 0 aliphatic rings. The highest BCUT2D eigenvalue weighted by molar-refractivity contribution is 6.01. The van der Waals surface area contributed by atoms with Gasteiger partial charge in [-0.25, -0.2) is 19.3 Å². The number of hydrogen-bond acceptors (Lipinski definition) is 7. The fourth-order valence-electron chi connectivity index (χ4n) is 4.01. The second-order valence-corrected chi connectivity index (χ2v) is 8.50. The largest absolute Gasteiger partial charge is 0.368 e. The van der Waals surface area contributed by atoms with Crippen LogP contribution in [0, 0.1) is 5.82 Å². The maximum Gasteiger partial charge on any atom is 0.252 e. The Morgan fingerprint density at radius 1 is 1.00 bits per heavy atom. The van der Waals surface area contributed by atoms with Crippen molar-refractivity contribution in [2.45, 2.75) is 6.04 Å². The van der Waals surface area contributed by atoms with Crippen LogP contribution in [0.1, 0.15) is 10.4 Å². The van der Waals surface area contributed by atoms with Gasteiger partial charge in [-0.2, -0.15) is 0 Å². The van der Waals surface area contributed by atoms with Gasteiger partial charge in [-0.05, 0) is 60.2 Å². The molecule has 0 aliphatic carbocycles. The zero-order valence-electron chi connectivity index (χ0n) is 20.0. The molecule has 5 aromatic rings. The van der Waals surface area contributed by atoms with E-state index in [2.05, 4.69) is 30.6 Å². The number of nitrogens with one attached hydrogen (secondary N) is 3. The first kappa shape index (κ1) is 24.4. The molecule has 0 saturated carbocycles. The molecule has 1 atom stereocenters. The highest BCUT2D eigenvalue weighted by Crippen LogP contribution is 2.26. The van der Waals surface area contributed by atoms with Crippen LogP contribution in [-0.4, -0.2) is 44.3 Å². The molecule has 1 unspecified atom stereocenters. The van der Waals surface area contributed by atoms with Crippen molar-refractivity contribution in [1.29, 1.82) is 0 Å². The molecular weight excluding hydrogens is 487 g/mol. The third-order valence-electron chi connectivity index (χ3n) is 5.92. The van der Waals surface area contributed by atoms with E-state index in [4.69, 9.17) is 11.5 Å². The summed E-state index contributed by atoms with van der Waals surface area (Å²) in [6, 6.07) is 17.2. The predicted octanol–water partition coefficient (Wildman–Crippen LogP) is 3.10. The number of carbonyl (C=O) groups is 2. The topological polar surface area (TPSA) is 165 Å². The van der Waals surface area contributed by atoms with Crippen molar-refractivity contribution < 1.29 is 14.0 Å². The Labute approximate surface area is 216 Å². The van der Waals surface area contributed by atoms with Gasteiger partial charge in [-0.1, -0.05) is 12.1 Å². The number of primary amides is 1. The molecule has 3 aromatic heterocycles. The summed E-state index contributed by atoms with van der Waals surface area (Å²) in [6.07, 6.45) is 3.15. The monoisotopic (exact) mass is 510 g/mol. The van der Waals surface area contributed by atoms with E-state index >= 15 is 0 Å². The number of rotatable bonds is 8. The van der Waals surface area contributed by atoms with Gasteiger partial charge in [0.25, 0.3) is 5.91 Å². The highest BCUT2D eigenvalue weighted by Gasteiger charge is 2.20. The SMILES string of the molecule is NC(=O)C(CNc1ncccc1-c1ccc(F)cc1)NC(=O)c1ccc2[nH]c(-c3ccnc(N)n3)cc2c1. The molecule has 0 spiro atoms. The van der Waals surface area contributed by atoms with E-state index in [0.29, 0.717) is 22.6 Å². The number of halogens is 1. The second-order valence-electron chi connectivity index (χ2n) is 8.50. The van der Waals surface area contributed by atoms with Crippen LogP contribution < -0.4 is 22.1 Å². The smallest absolute Gasteiger partial charge is 0.252 e. The minimum absolute atomic E-state index is 0.00202. The quantitative estimate of drug-likeness (QED) is 0.214. The van der Waals surface area contributed by atoms with Crippen LogP contribution in [-0.2, 0) is 4.79 Å². The molecule has 3 heterocycles. The van der Waals surface area contributed by atoms with Crippen LogP contribution in [0.2, 0.25) is 0 Å². The summed E-state index contributed by atoms with van der Waals surface area (Å²) in [6.45, 7) is -0.00202. The Morgan fingerprint density at radius 2 is 1.82 bits per heavy atom. The van der Waals surface area contributed by atoms with Crippen molar-refractivity contribution >= 4 is 34.5 Å². The lowest BCUT2D eigenvalue weighted by molar-refractivity contribution is -0.119. The average Bonchev–Trinajstić information content (AvgIpc) is 3.35. The van der Waals surface area contributed by atoms with Gasteiger partial charge in [0.15, 0.2) is 0 Å². The predicted molar refractivity (Wildman–Crippen MR) is 142 cm³/mol. The lowest BCUT2D eigenvalue weighted by Crippen LogP contribution is -2.48. The third kappa shape index (κ3) is 5.26. The number of hydrogen-bond donors (Lipinski definition) is 5. The zero-order chi connectivity index (χ0) is 26.6. The van der Waals surface area contributed by atoms with Gasteiger partial charge in [0.2, 0.25) is 11.9 Å². The van der Waals surface area contributed by atoms with Gasteiger partial charge in [0.05, 0.1) is 11.4 Å². The number of nitrogens with two attached hydrogens (primary N) is 2. The van der Waals surface area contributed by atoms with Crippen LogP contribution in [0.25, 0.3) is 33.4 Å². The molecule has 2 aromatic carbocycles. The molecule has 0 aliphatic heterocycles. The van der Waals surface area contributed by atoms with Crippen LogP contribution in [0.4, 0.5) is 16.2 Å². The Kier molecular flexibility index (Phi) is 6.64. The molecule has 7 N–H and O–H groups in total. The number of nitrogens with zero attached hydrogens (tertiary/aromatic N) is 3. The maximum absolute atomic E-state index is 13.4. The molecule has 0 fully saturated rings. The molecule has 0 saturated heterocycles. The number of nitrogen functional groups attached to an aromatic ring is 1. The normalized spacial score (nSPS) is 11.7. The number of benzene rings is 2. The molecule has 5 rings (SSSR count). The van der Waals surface area contributed by atoms with E-state index < -0.39 is 17.9 Å². The maximum atomic E-state index is 13.4. The average molecular weight is 511 g/mol. The summed E-state index contributed by atoms with van der Waals surface area (Å²) in [4.78, 5) is 40.8. The number of amides is 2. The number of anilines is 2. The van der Waals surface area contributed by atoms with E-state index in [1.807, 2.05) is 12.1 Å². The van der Waals surface area contributed by atoms with Crippen molar-refractivity contribution in [3.63, 3.8) is 0 Å². The van der Waals surface area contributed by atoms with Crippen LogP contribution in [0.15, 0.2) is 79.1 Å². The molecule has 2 amide bonds. The molecule has 38 heavy (non-hydrogen) atoms. The fraction of sp³-hybridized carbons (Fsp3) is 0.0741. The van der Waals surface area contributed by atoms with Crippen LogP contribution in [0.3, 0.4) is 0 Å². The fourth-order valence-corrected chi connectivity index (χ4v) is 4.01. The Balaban J connectivity index is 1.31. The number of aromatic nitrogens is 4. The second kappa shape index (κ2) is 10.3. The van der Waals surface area contributed by atoms with E-state index in [0.717, 1.165) is 22.2 Å². The summed E-state index contributed by atoms with van der Waals surface area (Å²) in [7, 11) is 0. The first-order valence-corrected chi connectivity index (χ1v) is 11.6. The summed E-state index contributed by atoms with van der Waals surface area (Å²) < 4.78 is 13.4. The number of fused-ring (bicyclic) bond motifs is 1. The minimum atomic E-state index is -1.02. The van der Waals surface area contributed by atoms with Crippen molar-refractivity contribution in [2.75, 3.05) is 17.6 Å². The van der Waals surface area contributed by atoms with Gasteiger partial charge < -0.3 is 27.1 Å². The zero-order valence-corrected chi connectivity index (χ0v) is 20.0. The number of carbonyl (C=O) groups excluding carboxylic acids is 2. The van der Waals surface area contributed by atoms with Crippen molar-refractivity contribution in [3.8, 4) is 22.5 Å². The molecule has 0 bridgehead atoms. The van der Waals surface area contributed by atoms with Crippen molar-refractivity contribution in [2.24, 2.45) is 5.73 Å². The first-order chi connectivity index (χ1) is 18.4. The Bertz CT molecular complexity index is 1630. The van der Waals surface area contributed by atoms with Crippen LogP contribution in [0.5, 0.6) is 0 Å². The van der Waals surface area contributed by atoms with E-state index in [-0.39, 0.29) is 18.3 Å². The van der Waals surface area contributed by atoms with Gasteiger partial charge in [-0.15, -0.1) is 0 Å². The standard InChI is InChI=1S/C27H23FN8O2/c28-18-6-3-15(4-7-18)19-2-1-10-31-25(19)33-14-23(24(29)37)35-26(38)16-5-8-20-17(12-16)13-22(34-20)21-9-11-32-27(30)36-21/h1-13,23,34H,14H2,(H2,29,37)(H,31,33)(H,35,38)(H2,30,32,36). The number of H-pyrrole nitrogens is 1. The van der Waals surface area contributed by atoms with Crippen LogP contribution >= 0.6 is 0 Å². The Morgan fingerprint density at radius 3 is 2.58 bits per heavy atom. The number of pyridine rings is 1. The summed E-state index contributed by atoms with van der Waals surface area (Å²) in [5, 5.41) is 6.53.